The van der Waals surface area contributed by atoms with Crippen molar-refractivity contribution in [3.8, 4) is 0 Å². The lowest BCUT2D eigenvalue weighted by Crippen LogP contribution is -2.05. The third-order valence-electron chi connectivity index (χ3n) is 3.64. The van der Waals surface area contributed by atoms with Crippen molar-refractivity contribution >= 4 is 11.6 Å². The molecule has 0 radical (unpaired) electrons. The summed E-state index contributed by atoms with van der Waals surface area (Å²) in [7, 11) is 0. The molecular formula is C15H15ClFNO. The quantitative estimate of drug-likeness (QED) is 0.891. The standard InChI is InChI=1S/C15H15ClFNO/c16-12-4-5-14(17)11(6-12)8-18-7-10-2-1-3-15(19)13(10)9-18/h4-7,9,15,19H,1-3,8H2. The largest absolute Gasteiger partial charge is 0.388 e. The van der Waals surface area contributed by atoms with Gasteiger partial charge >= 0.3 is 0 Å². The predicted octanol–water partition coefficient (Wildman–Crippen LogP) is 3.70. The van der Waals surface area contributed by atoms with Gasteiger partial charge in [0.2, 0.25) is 0 Å². The monoisotopic (exact) mass is 279 g/mol. The van der Waals surface area contributed by atoms with Gasteiger partial charge in [0.1, 0.15) is 5.82 Å². The van der Waals surface area contributed by atoms with Crippen molar-refractivity contribution < 1.29 is 9.50 Å². The lowest BCUT2D eigenvalue weighted by Gasteiger charge is -2.16. The van der Waals surface area contributed by atoms with Crippen LogP contribution in [0.5, 0.6) is 0 Å². The van der Waals surface area contributed by atoms with Crippen molar-refractivity contribution in [3.05, 3.63) is 58.1 Å². The molecule has 1 aliphatic carbocycles. The summed E-state index contributed by atoms with van der Waals surface area (Å²) in [6, 6.07) is 4.58. The second kappa shape index (κ2) is 4.99. The second-order valence-corrected chi connectivity index (χ2v) is 5.49. The molecule has 19 heavy (non-hydrogen) atoms. The number of aryl methyl sites for hydroxylation is 1. The van der Waals surface area contributed by atoms with Crippen molar-refractivity contribution in [1.82, 2.24) is 4.57 Å². The molecule has 0 spiro atoms. The van der Waals surface area contributed by atoms with Gasteiger partial charge in [-0.2, -0.15) is 0 Å². The normalized spacial score (nSPS) is 18.4. The molecule has 1 N–H and O–H groups in total. The van der Waals surface area contributed by atoms with E-state index in [1.54, 1.807) is 12.1 Å². The highest BCUT2D eigenvalue weighted by molar-refractivity contribution is 6.30. The molecule has 0 bridgehead atoms. The van der Waals surface area contributed by atoms with E-state index in [1.165, 1.54) is 11.6 Å². The Morgan fingerprint density at radius 2 is 2.21 bits per heavy atom. The minimum Gasteiger partial charge on any atom is -0.388 e. The van der Waals surface area contributed by atoms with Crippen LogP contribution in [-0.4, -0.2) is 9.67 Å². The molecule has 0 fully saturated rings. The third kappa shape index (κ3) is 2.53. The van der Waals surface area contributed by atoms with Crippen molar-refractivity contribution in [1.29, 1.82) is 0 Å². The topological polar surface area (TPSA) is 25.2 Å². The Balaban J connectivity index is 1.89. The van der Waals surface area contributed by atoms with Gasteiger partial charge in [0.05, 0.1) is 6.10 Å². The van der Waals surface area contributed by atoms with Gasteiger partial charge < -0.3 is 9.67 Å². The van der Waals surface area contributed by atoms with Gasteiger partial charge in [-0.3, -0.25) is 0 Å². The van der Waals surface area contributed by atoms with E-state index >= 15 is 0 Å². The van der Waals surface area contributed by atoms with Gasteiger partial charge in [0.25, 0.3) is 0 Å². The number of fused-ring (bicyclic) bond motifs is 1. The van der Waals surface area contributed by atoms with Crippen molar-refractivity contribution in [2.24, 2.45) is 0 Å². The second-order valence-electron chi connectivity index (χ2n) is 5.05. The van der Waals surface area contributed by atoms with Crippen molar-refractivity contribution in [3.63, 3.8) is 0 Å². The van der Waals surface area contributed by atoms with Crippen LogP contribution < -0.4 is 0 Å². The Hall–Kier alpha value is -1.32. The maximum Gasteiger partial charge on any atom is 0.128 e. The molecule has 2 aromatic rings. The fraction of sp³-hybridized carbons (Fsp3) is 0.333. The van der Waals surface area contributed by atoms with Crippen LogP contribution in [0, 0.1) is 5.82 Å². The first-order valence-electron chi connectivity index (χ1n) is 6.44. The zero-order chi connectivity index (χ0) is 13.4. The highest BCUT2D eigenvalue weighted by Crippen LogP contribution is 2.30. The average molecular weight is 280 g/mol. The highest BCUT2D eigenvalue weighted by Gasteiger charge is 2.20. The first-order valence-corrected chi connectivity index (χ1v) is 6.82. The van der Waals surface area contributed by atoms with Gasteiger partial charge in [0.15, 0.2) is 0 Å². The molecule has 1 atom stereocenters. The zero-order valence-corrected chi connectivity index (χ0v) is 11.2. The van der Waals surface area contributed by atoms with Crippen LogP contribution in [0.2, 0.25) is 5.02 Å². The van der Waals surface area contributed by atoms with Gasteiger partial charge in [-0.05, 0) is 43.0 Å². The molecule has 1 unspecified atom stereocenters. The van der Waals surface area contributed by atoms with Gasteiger partial charge in [-0.15, -0.1) is 0 Å². The van der Waals surface area contributed by atoms with Crippen LogP contribution in [-0.2, 0) is 13.0 Å². The molecule has 0 aliphatic heterocycles. The van der Waals surface area contributed by atoms with Crippen LogP contribution >= 0.6 is 11.6 Å². The number of rotatable bonds is 2. The molecule has 1 heterocycles. The van der Waals surface area contributed by atoms with Gasteiger partial charge in [-0.25, -0.2) is 4.39 Å². The summed E-state index contributed by atoms with van der Waals surface area (Å²) in [6.45, 7) is 0.437. The van der Waals surface area contributed by atoms with Crippen molar-refractivity contribution in [2.75, 3.05) is 0 Å². The SMILES string of the molecule is OC1CCCc2cn(Cc3cc(Cl)ccc3F)cc21. The number of hydrogen-bond donors (Lipinski definition) is 1. The number of aromatic nitrogens is 1. The smallest absolute Gasteiger partial charge is 0.128 e. The fourth-order valence-electron chi connectivity index (χ4n) is 2.68. The summed E-state index contributed by atoms with van der Waals surface area (Å²) in [4.78, 5) is 0. The first-order chi connectivity index (χ1) is 9.13. The van der Waals surface area contributed by atoms with Crippen LogP contribution in [0.15, 0.2) is 30.6 Å². The Morgan fingerprint density at radius 1 is 1.37 bits per heavy atom. The van der Waals surface area contributed by atoms with E-state index in [4.69, 9.17) is 11.6 Å². The van der Waals surface area contributed by atoms with E-state index in [0.717, 1.165) is 24.8 Å². The Labute approximate surface area is 116 Å². The molecule has 0 saturated carbocycles. The van der Waals surface area contributed by atoms with Crippen LogP contribution in [0.4, 0.5) is 4.39 Å². The number of hydrogen-bond acceptors (Lipinski definition) is 1. The van der Waals surface area contributed by atoms with E-state index in [0.29, 0.717) is 17.1 Å². The minimum absolute atomic E-state index is 0.253. The molecule has 1 aromatic heterocycles. The summed E-state index contributed by atoms with van der Waals surface area (Å²) in [5.41, 5.74) is 2.71. The van der Waals surface area contributed by atoms with Crippen LogP contribution in [0.1, 0.15) is 35.6 Å². The summed E-state index contributed by atoms with van der Waals surface area (Å²) in [6.07, 6.45) is 6.33. The van der Waals surface area contributed by atoms with Crippen molar-refractivity contribution in [2.45, 2.75) is 31.9 Å². The zero-order valence-electron chi connectivity index (χ0n) is 10.4. The number of halogens is 2. The number of aliphatic hydroxyl groups is 1. The molecule has 2 nitrogen and oxygen atoms in total. The Bertz CT molecular complexity index is 608. The lowest BCUT2D eigenvalue weighted by atomic mass is 9.93. The van der Waals surface area contributed by atoms with Crippen LogP contribution in [0.25, 0.3) is 0 Å². The summed E-state index contributed by atoms with van der Waals surface area (Å²) >= 11 is 5.89. The van der Waals surface area contributed by atoms with E-state index in [1.807, 2.05) is 17.0 Å². The summed E-state index contributed by atoms with van der Waals surface area (Å²) < 4.78 is 15.6. The molecule has 4 heteroatoms. The predicted molar refractivity (Wildman–Crippen MR) is 72.8 cm³/mol. The fourth-order valence-corrected chi connectivity index (χ4v) is 2.87. The molecule has 0 saturated heterocycles. The maximum absolute atomic E-state index is 13.7. The molecule has 100 valence electrons. The number of aliphatic hydroxyl groups excluding tert-OH is 1. The molecule has 0 amide bonds. The average Bonchev–Trinajstić information content (AvgIpc) is 2.78. The van der Waals surface area contributed by atoms with E-state index in [-0.39, 0.29) is 11.9 Å². The van der Waals surface area contributed by atoms with Crippen LogP contribution in [0.3, 0.4) is 0 Å². The summed E-state index contributed by atoms with van der Waals surface area (Å²) in [5, 5.41) is 10.5. The molecular weight excluding hydrogens is 265 g/mol. The third-order valence-corrected chi connectivity index (χ3v) is 3.88. The lowest BCUT2D eigenvalue weighted by molar-refractivity contribution is 0.157. The molecule has 3 rings (SSSR count). The molecule has 1 aliphatic rings. The minimum atomic E-state index is -0.380. The Morgan fingerprint density at radius 3 is 3.00 bits per heavy atom. The summed E-state index contributed by atoms with van der Waals surface area (Å²) in [5.74, 6) is -0.253. The maximum atomic E-state index is 13.7. The molecule has 1 aromatic carbocycles. The Kier molecular flexibility index (Phi) is 3.33. The number of benzene rings is 1. The van der Waals surface area contributed by atoms with E-state index < -0.39 is 0 Å². The number of nitrogens with zero attached hydrogens (tertiary/aromatic N) is 1. The highest BCUT2D eigenvalue weighted by atomic mass is 35.5. The first kappa shape index (κ1) is 12.7. The van der Waals surface area contributed by atoms with Gasteiger partial charge in [-0.1, -0.05) is 11.6 Å². The van der Waals surface area contributed by atoms with E-state index in [9.17, 15) is 9.50 Å². The van der Waals surface area contributed by atoms with Gasteiger partial charge in [0, 0.05) is 35.1 Å². The van der Waals surface area contributed by atoms with E-state index in [2.05, 4.69) is 0 Å².